The summed E-state index contributed by atoms with van der Waals surface area (Å²) in [5, 5.41) is 13.0. The van der Waals surface area contributed by atoms with Gasteiger partial charge in [-0.1, -0.05) is 12.1 Å². The summed E-state index contributed by atoms with van der Waals surface area (Å²) >= 11 is 0. The number of rotatable bonds is 4. The lowest BCUT2D eigenvalue weighted by molar-refractivity contribution is -0.146. The van der Waals surface area contributed by atoms with Crippen LogP contribution in [0, 0.1) is 0 Å². The lowest BCUT2D eigenvalue weighted by atomic mass is 9.99. The number of amides is 1. The van der Waals surface area contributed by atoms with Crippen LogP contribution in [0.4, 0.5) is 0 Å². The van der Waals surface area contributed by atoms with Crippen molar-refractivity contribution < 1.29 is 14.6 Å². The molecule has 4 heteroatoms. The van der Waals surface area contributed by atoms with Crippen LogP contribution in [0.3, 0.4) is 0 Å². The quantitative estimate of drug-likeness (QED) is 0.896. The van der Waals surface area contributed by atoms with Crippen molar-refractivity contribution in [1.82, 2.24) is 5.32 Å². The predicted molar refractivity (Wildman–Crippen MR) is 80.1 cm³/mol. The van der Waals surface area contributed by atoms with Gasteiger partial charge in [-0.2, -0.15) is 0 Å². The molecule has 2 aliphatic carbocycles. The maximum Gasteiger partial charge on any atom is 0.252 e. The minimum absolute atomic E-state index is 0.00229. The Bertz CT molecular complexity index is 535. The third kappa shape index (κ3) is 2.53. The van der Waals surface area contributed by atoms with E-state index in [-0.39, 0.29) is 11.9 Å². The number of fused-ring (bicyclic) bond motifs is 1. The molecule has 2 aliphatic rings. The Morgan fingerprint density at radius 2 is 2.19 bits per heavy atom. The van der Waals surface area contributed by atoms with E-state index in [1.54, 1.807) is 6.07 Å². The Morgan fingerprint density at radius 1 is 1.43 bits per heavy atom. The molecule has 114 valence electrons. The van der Waals surface area contributed by atoms with Gasteiger partial charge in [-0.05, 0) is 62.6 Å². The van der Waals surface area contributed by atoms with Gasteiger partial charge in [0.1, 0.15) is 11.4 Å². The Labute approximate surface area is 125 Å². The zero-order chi connectivity index (χ0) is 14.9. The number of carbonyl (C=O) groups is 1. The SMILES string of the molecule is CCOC1(C(=O)NC2CCc3c(O)cccc32)CCCC1. The monoisotopic (exact) mass is 289 g/mol. The molecular weight excluding hydrogens is 266 g/mol. The highest BCUT2D eigenvalue weighted by Gasteiger charge is 2.43. The summed E-state index contributed by atoms with van der Waals surface area (Å²) in [7, 11) is 0. The van der Waals surface area contributed by atoms with E-state index >= 15 is 0 Å². The molecule has 2 N–H and O–H groups in total. The maximum absolute atomic E-state index is 12.7. The fourth-order valence-electron chi connectivity index (χ4n) is 3.73. The Hall–Kier alpha value is -1.55. The molecule has 0 heterocycles. The van der Waals surface area contributed by atoms with Gasteiger partial charge in [-0.3, -0.25) is 4.79 Å². The largest absolute Gasteiger partial charge is 0.508 e. The molecule has 1 amide bonds. The average Bonchev–Trinajstić information content (AvgIpc) is 3.09. The molecule has 0 radical (unpaired) electrons. The van der Waals surface area contributed by atoms with E-state index in [1.807, 2.05) is 19.1 Å². The first kappa shape index (κ1) is 14.4. The molecule has 0 spiro atoms. The summed E-state index contributed by atoms with van der Waals surface area (Å²) in [5.74, 6) is 0.354. The molecule has 0 saturated heterocycles. The molecule has 4 nitrogen and oxygen atoms in total. The van der Waals surface area contributed by atoms with Crippen molar-refractivity contribution in [3.8, 4) is 5.75 Å². The number of ether oxygens (including phenoxy) is 1. The maximum atomic E-state index is 12.7. The summed E-state index contributed by atoms with van der Waals surface area (Å²) in [5.41, 5.74) is 1.39. The van der Waals surface area contributed by atoms with E-state index < -0.39 is 5.60 Å². The molecule has 1 saturated carbocycles. The number of aromatic hydroxyl groups is 1. The molecule has 1 fully saturated rings. The van der Waals surface area contributed by atoms with Crippen LogP contribution in [0.1, 0.15) is 56.2 Å². The third-order valence-corrected chi connectivity index (χ3v) is 4.80. The van der Waals surface area contributed by atoms with Crippen LogP contribution in [0.2, 0.25) is 0 Å². The van der Waals surface area contributed by atoms with Crippen molar-refractivity contribution in [2.24, 2.45) is 0 Å². The third-order valence-electron chi connectivity index (χ3n) is 4.80. The van der Waals surface area contributed by atoms with E-state index in [1.165, 1.54) is 0 Å². The van der Waals surface area contributed by atoms with Crippen LogP contribution >= 0.6 is 0 Å². The average molecular weight is 289 g/mol. The van der Waals surface area contributed by atoms with E-state index in [2.05, 4.69) is 5.32 Å². The van der Waals surface area contributed by atoms with Crippen LogP contribution in [0.15, 0.2) is 18.2 Å². The molecule has 0 aliphatic heterocycles. The highest BCUT2D eigenvalue weighted by Crippen LogP contribution is 2.38. The van der Waals surface area contributed by atoms with Gasteiger partial charge in [0.05, 0.1) is 6.04 Å². The second-order valence-corrected chi connectivity index (χ2v) is 6.04. The van der Waals surface area contributed by atoms with Gasteiger partial charge in [0, 0.05) is 6.61 Å². The van der Waals surface area contributed by atoms with E-state index in [4.69, 9.17) is 4.74 Å². The number of hydrogen-bond acceptors (Lipinski definition) is 3. The zero-order valence-electron chi connectivity index (χ0n) is 12.5. The second-order valence-electron chi connectivity index (χ2n) is 6.04. The van der Waals surface area contributed by atoms with Gasteiger partial charge in [-0.15, -0.1) is 0 Å². The number of nitrogens with one attached hydrogen (secondary N) is 1. The molecule has 0 aromatic heterocycles. The van der Waals surface area contributed by atoms with Crippen molar-refractivity contribution in [2.75, 3.05) is 6.61 Å². The number of carbonyl (C=O) groups excluding carboxylic acids is 1. The van der Waals surface area contributed by atoms with E-state index in [0.717, 1.165) is 49.7 Å². The topological polar surface area (TPSA) is 58.6 Å². The van der Waals surface area contributed by atoms with Crippen LogP contribution in [0.25, 0.3) is 0 Å². The lowest BCUT2D eigenvalue weighted by Gasteiger charge is -2.29. The molecule has 0 bridgehead atoms. The highest BCUT2D eigenvalue weighted by molar-refractivity contribution is 5.86. The van der Waals surface area contributed by atoms with Crippen molar-refractivity contribution >= 4 is 5.91 Å². The van der Waals surface area contributed by atoms with Gasteiger partial charge in [0.15, 0.2) is 0 Å². The molecular formula is C17H23NO3. The second kappa shape index (κ2) is 5.68. The highest BCUT2D eigenvalue weighted by atomic mass is 16.5. The fraction of sp³-hybridized carbons (Fsp3) is 0.588. The van der Waals surface area contributed by atoms with Crippen molar-refractivity contribution in [3.63, 3.8) is 0 Å². The first-order valence-electron chi connectivity index (χ1n) is 7.92. The van der Waals surface area contributed by atoms with Crippen molar-refractivity contribution in [1.29, 1.82) is 0 Å². The number of phenolic OH excluding ortho intramolecular Hbond substituents is 1. The summed E-state index contributed by atoms with van der Waals surface area (Å²) in [6.45, 7) is 2.51. The summed E-state index contributed by atoms with van der Waals surface area (Å²) in [6.07, 6.45) is 5.39. The summed E-state index contributed by atoms with van der Waals surface area (Å²) in [4.78, 5) is 12.7. The fourth-order valence-corrected chi connectivity index (χ4v) is 3.73. The van der Waals surface area contributed by atoms with Crippen LogP contribution in [0.5, 0.6) is 5.75 Å². The molecule has 1 unspecified atom stereocenters. The smallest absolute Gasteiger partial charge is 0.252 e. The van der Waals surface area contributed by atoms with Gasteiger partial charge in [-0.25, -0.2) is 0 Å². The minimum Gasteiger partial charge on any atom is -0.508 e. The molecule has 3 rings (SSSR count). The van der Waals surface area contributed by atoms with E-state index in [0.29, 0.717) is 12.4 Å². The molecule has 1 aromatic rings. The van der Waals surface area contributed by atoms with Crippen LogP contribution < -0.4 is 5.32 Å². The Kier molecular flexibility index (Phi) is 3.89. The Balaban J connectivity index is 1.76. The van der Waals surface area contributed by atoms with Gasteiger partial charge < -0.3 is 15.2 Å². The first-order chi connectivity index (χ1) is 10.2. The number of phenols is 1. The van der Waals surface area contributed by atoms with Gasteiger partial charge in [0.2, 0.25) is 0 Å². The van der Waals surface area contributed by atoms with Crippen molar-refractivity contribution in [2.45, 2.75) is 57.1 Å². The number of benzene rings is 1. The number of hydrogen-bond donors (Lipinski definition) is 2. The van der Waals surface area contributed by atoms with Crippen LogP contribution in [-0.4, -0.2) is 23.2 Å². The molecule has 1 aromatic carbocycles. The molecule has 21 heavy (non-hydrogen) atoms. The molecule has 1 atom stereocenters. The standard InChI is InChI=1S/C17H23NO3/c1-2-21-17(10-3-4-11-17)16(20)18-14-9-8-13-12(14)6-5-7-15(13)19/h5-7,14,19H,2-4,8-11H2,1H3,(H,18,20). The lowest BCUT2D eigenvalue weighted by Crippen LogP contribution is -2.47. The van der Waals surface area contributed by atoms with Crippen LogP contribution in [-0.2, 0) is 16.0 Å². The summed E-state index contributed by atoms with van der Waals surface area (Å²) in [6, 6.07) is 5.54. The first-order valence-corrected chi connectivity index (χ1v) is 7.92. The predicted octanol–water partition coefficient (Wildman–Crippen LogP) is 2.85. The Morgan fingerprint density at radius 3 is 2.90 bits per heavy atom. The van der Waals surface area contributed by atoms with Gasteiger partial charge >= 0.3 is 0 Å². The van der Waals surface area contributed by atoms with Crippen molar-refractivity contribution in [3.05, 3.63) is 29.3 Å². The van der Waals surface area contributed by atoms with E-state index in [9.17, 15) is 9.90 Å². The summed E-state index contributed by atoms with van der Waals surface area (Å²) < 4.78 is 5.81. The normalized spacial score (nSPS) is 23.0. The van der Waals surface area contributed by atoms with Gasteiger partial charge in [0.25, 0.3) is 5.91 Å². The minimum atomic E-state index is -0.631. The zero-order valence-corrected chi connectivity index (χ0v) is 12.5.